The summed E-state index contributed by atoms with van der Waals surface area (Å²) >= 11 is 0. The van der Waals surface area contributed by atoms with Crippen LogP contribution in [0.25, 0.3) is 10.9 Å². The summed E-state index contributed by atoms with van der Waals surface area (Å²) in [6.07, 6.45) is 1.91. The fraction of sp³-hybridized carbons (Fsp3) is 0.125. The van der Waals surface area contributed by atoms with Crippen LogP contribution >= 0.6 is 0 Å². The van der Waals surface area contributed by atoms with Crippen molar-refractivity contribution in [1.29, 1.82) is 0 Å². The molecule has 20 heavy (non-hydrogen) atoms. The first-order chi connectivity index (χ1) is 9.69. The van der Waals surface area contributed by atoms with Crippen LogP contribution in [0, 0.1) is 11.6 Å². The van der Waals surface area contributed by atoms with Gasteiger partial charge in [0.2, 0.25) is 0 Å². The van der Waals surface area contributed by atoms with Gasteiger partial charge < -0.3 is 9.30 Å². The highest BCUT2D eigenvalue weighted by atomic mass is 19.2. The smallest absolute Gasteiger partial charge is 0.159 e. The van der Waals surface area contributed by atoms with Crippen LogP contribution in [0.3, 0.4) is 0 Å². The van der Waals surface area contributed by atoms with E-state index in [0.717, 1.165) is 22.7 Å². The Bertz CT molecular complexity index is 764. The molecule has 3 rings (SSSR count). The molecule has 0 N–H and O–H groups in total. The third-order valence-electron chi connectivity index (χ3n) is 3.33. The first-order valence-corrected chi connectivity index (χ1v) is 6.25. The summed E-state index contributed by atoms with van der Waals surface area (Å²) in [5.41, 5.74) is 1.71. The van der Waals surface area contributed by atoms with Gasteiger partial charge in [-0.3, -0.25) is 0 Å². The Morgan fingerprint density at radius 3 is 2.65 bits per heavy atom. The van der Waals surface area contributed by atoms with E-state index in [1.807, 2.05) is 35.0 Å². The van der Waals surface area contributed by atoms with E-state index in [9.17, 15) is 8.78 Å². The molecule has 0 spiro atoms. The van der Waals surface area contributed by atoms with Crippen molar-refractivity contribution in [3.05, 3.63) is 65.9 Å². The number of fused-ring (bicyclic) bond motifs is 1. The Morgan fingerprint density at radius 2 is 1.90 bits per heavy atom. The average Bonchev–Trinajstić information content (AvgIpc) is 2.86. The van der Waals surface area contributed by atoms with Gasteiger partial charge in [-0.2, -0.15) is 0 Å². The molecule has 0 fully saturated rings. The van der Waals surface area contributed by atoms with E-state index in [1.165, 1.54) is 6.07 Å². The van der Waals surface area contributed by atoms with Gasteiger partial charge in [-0.25, -0.2) is 8.78 Å². The fourth-order valence-corrected chi connectivity index (χ4v) is 2.35. The van der Waals surface area contributed by atoms with Gasteiger partial charge in [0, 0.05) is 18.1 Å². The van der Waals surface area contributed by atoms with Crippen molar-refractivity contribution in [2.24, 2.45) is 0 Å². The lowest BCUT2D eigenvalue weighted by Gasteiger charge is -2.07. The van der Waals surface area contributed by atoms with E-state index in [-0.39, 0.29) is 0 Å². The van der Waals surface area contributed by atoms with Gasteiger partial charge in [0.15, 0.2) is 11.6 Å². The van der Waals surface area contributed by atoms with Crippen molar-refractivity contribution < 1.29 is 13.5 Å². The predicted octanol–water partition coefficient (Wildman–Crippen LogP) is 3.98. The van der Waals surface area contributed by atoms with Crippen LogP contribution in [-0.2, 0) is 6.54 Å². The number of nitrogens with zero attached hydrogens (tertiary/aromatic N) is 1. The number of methoxy groups -OCH3 is 1. The van der Waals surface area contributed by atoms with Crippen LogP contribution < -0.4 is 4.74 Å². The van der Waals surface area contributed by atoms with Gasteiger partial charge >= 0.3 is 0 Å². The van der Waals surface area contributed by atoms with Crippen LogP contribution in [0.5, 0.6) is 5.75 Å². The summed E-state index contributed by atoms with van der Waals surface area (Å²) in [7, 11) is 1.63. The number of benzene rings is 2. The number of aromatic nitrogens is 1. The standard InChI is InChI=1S/C16H13F2NO/c1-20-16-4-2-3-15-12(16)7-8-19(15)10-11-5-6-13(17)14(18)9-11/h2-9H,10H2,1H3. The number of halogens is 2. The zero-order valence-electron chi connectivity index (χ0n) is 10.9. The maximum absolute atomic E-state index is 13.2. The number of hydrogen-bond donors (Lipinski definition) is 0. The number of hydrogen-bond acceptors (Lipinski definition) is 1. The Morgan fingerprint density at radius 1 is 1.05 bits per heavy atom. The summed E-state index contributed by atoms with van der Waals surface area (Å²) in [5.74, 6) is -0.851. The fourth-order valence-electron chi connectivity index (χ4n) is 2.35. The molecule has 0 aliphatic heterocycles. The van der Waals surface area contributed by atoms with Gasteiger partial charge in [-0.1, -0.05) is 12.1 Å². The average molecular weight is 273 g/mol. The van der Waals surface area contributed by atoms with E-state index in [0.29, 0.717) is 12.1 Å². The SMILES string of the molecule is COc1cccc2c1ccn2Cc1ccc(F)c(F)c1. The molecule has 4 heteroatoms. The molecule has 0 bridgehead atoms. The van der Waals surface area contributed by atoms with E-state index in [1.54, 1.807) is 13.2 Å². The molecule has 0 saturated carbocycles. The van der Waals surface area contributed by atoms with E-state index in [4.69, 9.17) is 4.74 Å². The molecule has 0 radical (unpaired) electrons. The van der Waals surface area contributed by atoms with Crippen LogP contribution in [0.4, 0.5) is 8.78 Å². The van der Waals surface area contributed by atoms with Crippen LogP contribution in [-0.4, -0.2) is 11.7 Å². The molecule has 0 atom stereocenters. The zero-order valence-corrected chi connectivity index (χ0v) is 10.9. The van der Waals surface area contributed by atoms with Gasteiger partial charge in [-0.05, 0) is 35.9 Å². The van der Waals surface area contributed by atoms with Crippen molar-refractivity contribution in [1.82, 2.24) is 4.57 Å². The quantitative estimate of drug-likeness (QED) is 0.704. The molecule has 0 aliphatic rings. The molecular weight excluding hydrogens is 260 g/mol. The Hall–Kier alpha value is -2.36. The van der Waals surface area contributed by atoms with Crippen LogP contribution in [0.1, 0.15) is 5.56 Å². The van der Waals surface area contributed by atoms with Crippen LogP contribution in [0.2, 0.25) is 0 Å². The first kappa shape index (κ1) is 12.7. The third kappa shape index (κ3) is 2.13. The minimum atomic E-state index is -0.826. The second kappa shape index (κ2) is 4.96. The number of ether oxygens (including phenoxy) is 1. The first-order valence-electron chi connectivity index (χ1n) is 6.25. The van der Waals surface area contributed by atoms with Gasteiger partial charge in [0.05, 0.1) is 12.6 Å². The van der Waals surface area contributed by atoms with Gasteiger partial charge in [0.25, 0.3) is 0 Å². The summed E-state index contributed by atoms with van der Waals surface area (Å²) in [4.78, 5) is 0. The summed E-state index contributed by atoms with van der Waals surface area (Å²) in [5, 5.41) is 0.998. The zero-order chi connectivity index (χ0) is 14.1. The second-order valence-corrected chi connectivity index (χ2v) is 4.59. The summed E-state index contributed by atoms with van der Waals surface area (Å²) < 4.78 is 33.4. The number of rotatable bonds is 3. The minimum Gasteiger partial charge on any atom is -0.496 e. The van der Waals surface area contributed by atoms with Crippen molar-refractivity contribution in [3.8, 4) is 5.75 Å². The van der Waals surface area contributed by atoms with E-state index >= 15 is 0 Å². The molecule has 0 saturated heterocycles. The monoisotopic (exact) mass is 273 g/mol. The van der Waals surface area contributed by atoms with Crippen molar-refractivity contribution >= 4 is 10.9 Å². The summed E-state index contributed by atoms with van der Waals surface area (Å²) in [6, 6.07) is 11.7. The summed E-state index contributed by atoms with van der Waals surface area (Å²) in [6.45, 7) is 0.480. The molecular formula is C16H13F2NO. The highest BCUT2D eigenvalue weighted by molar-refractivity contribution is 5.86. The van der Waals surface area contributed by atoms with Crippen molar-refractivity contribution in [2.45, 2.75) is 6.54 Å². The Balaban J connectivity index is 2.00. The highest BCUT2D eigenvalue weighted by Crippen LogP contribution is 2.26. The molecule has 2 aromatic carbocycles. The van der Waals surface area contributed by atoms with Crippen LogP contribution in [0.15, 0.2) is 48.7 Å². The lowest BCUT2D eigenvalue weighted by Crippen LogP contribution is -1.99. The molecule has 102 valence electrons. The molecule has 1 heterocycles. The van der Waals surface area contributed by atoms with E-state index in [2.05, 4.69) is 0 Å². The molecule has 3 aromatic rings. The van der Waals surface area contributed by atoms with Crippen molar-refractivity contribution in [2.75, 3.05) is 7.11 Å². The van der Waals surface area contributed by atoms with E-state index < -0.39 is 11.6 Å². The molecule has 1 aromatic heterocycles. The second-order valence-electron chi connectivity index (χ2n) is 4.59. The largest absolute Gasteiger partial charge is 0.496 e. The normalized spacial score (nSPS) is 10.9. The van der Waals surface area contributed by atoms with Crippen molar-refractivity contribution in [3.63, 3.8) is 0 Å². The van der Waals surface area contributed by atoms with Gasteiger partial charge in [-0.15, -0.1) is 0 Å². The highest BCUT2D eigenvalue weighted by Gasteiger charge is 2.07. The Labute approximate surface area is 115 Å². The Kier molecular flexibility index (Phi) is 3.14. The maximum atomic E-state index is 13.2. The predicted molar refractivity (Wildman–Crippen MR) is 74.0 cm³/mol. The topological polar surface area (TPSA) is 14.2 Å². The molecule has 0 unspecified atom stereocenters. The molecule has 0 amide bonds. The molecule has 2 nitrogen and oxygen atoms in total. The molecule has 0 aliphatic carbocycles. The lowest BCUT2D eigenvalue weighted by atomic mass is 10.2. The van der Waals surface area contributed by atoms with Gasteiger partial charge in [0.1, 0.15) is 5.75 Å². The lowest BCUT2D eigenvalue weighted by molar-refractivity contribution is 0.420. The minimum absolute atomic E-state index is 0.480. The third-order valence-corrected chi connectivity index (χ3v) is 3.33. The maximum Gasteiger partial charge on any atom is 0.159 e.